The molecule has 0 saturated carbocycles. The number of imidazole rings is 1. The number of hydrogen-bond acceptors (Lipinski definition) is 2. The average molecular weight is 298 g/mol. The fraction of sp³-hybridized carbons (Fsp3) is 0.400. The van der Waals surface area contributed by atoms with Gasteiger partial charge in [-0.3, -0.25) is 4.57 Å². The van der Waals surface area contributed by atoms with E-state index in [9.17, 15) is 13.2 Å². The fourth-order valence-corrected chi connectivity index (χ4v) is 2.17. The van der Waals surface area contributed by atoms with Crippen LogP contribution in [-0.4, -0.2) is 16.2 Å². The third-order valence-corrected chi connectivity index (χ3v) is 3.14. The molecule has 2 rings (SSSR count). The Kier molecular flexibility index (Phi) is 4.37. The van der Waals surface area contributed by atoms with Crippen molar-refractivity contribution in [1.29, 1.82) is 0 Å². The second kappa shape index (κ2) is 5.89. The van der Waals surface area contributed by atoms with E-state index < -0.39 is 12.0 Å². The van der Waals surface area contributed by atoms with Gasteiger partial charge in [-0.15, -0.1) is 0 Å². The molecule has 0 spiro atoms. The van der Waals surface area contributed by atoms with Gasteiger partial charge in [-0.1, -0.05) is 29.8 Å². The number of aromatic nitrogens is 2. The van der Waals surface area contributed by atoms with Gasteiger partial charge in [0.25, 0.3) is 0 Å². The Hall–Kier alpha value is -1.82. The van der Waals surface area contributed by atoms with Crippen molar-refractivity contribution in [2.24, 2.45) is 0 Å². The van der Waals surface area contributed by atoms with Crippen molar-refractivity contribution < 1.29 is 17.9 Å². The minimum absolute atomic E-state index is 0.171. The molecule has 6 heteroatoms. The summed E-state index contributed by atoms with van der Waals surface area (Å²) in [5.41, 5.74) is 2.52. The SMILES string of the molecule is CCOCn1c(C(F)(F)F)nc(C)c1-c1ccc(C)cc1. The van der Waals surface area contributed by atoms with E-state index in [0.29, 0.717) is 23.6 Å². The summed E-state index contributed by atoms with van der Waals surface area (Å²) in [7, 11) is 0. The van der Waals surface area contributed by atoms with Crippen LogP contribution in [0.5, 0.6) is 0 Å². The molecule has 1 heterocycles. The molecule has 0 aliphatic rings. The van der Waals surface area contributed by atoms with Gasteiger partial charge in [0.2, 0.25) is 5.82 Å². The van der Waals surface area contributed by atoms with Crippen LogP contribution in [0.4, 0.5) is 13.2 Å². The minimum atomic E-state index is -4.51. The zero-order valence-electron chi connectivity index (χ0n) is 12.2. The predicted octanol–water partition coefficient (Wildman–Crippen LogP) is 4.18. The maximum atomic E-state index is 13.1. The number of alkyl halides is 3. The molecule has 1 aromatic carbocycles. The second-order valence-corrected chi connectivity index (χ2v) is 4.78. The van der Waals surface area contributed by atoms with Gasteiger partial charge in [-0.25, -0.2) is 4.98 Å². The van der Waals surface area contributed by atoms with Crippen LogP contribution in [0.15, 0.2) is 24.3 Å². The summed E-state index contributed by atoms with van der Waals surface area (Å²) < 4.78 is 45.6. The number of rotatable bonds is 4. The Morgan fingerprint density at radius 1 is 1.14 bits per heavy atom. The van der Waals surface area contributed by atoms with Crippen molar-refractivity contribution in [1.82, 2.24) is 9.55 Å². The highest BCUT2D eigenvalue weighted by Crippen LogP contribution is 2.34. The molecule has 2 aromatic rings. The van der Waals surface area contributed by atoms with Gasteiger partial charge in [0.1, 0.15) is 6.73 Å². The molecule has 0 unspecified atom stereocenters. The molecule has 114 valence electrons. The Labute approximate surface area is 121 Å². The van der Waals surface area contributed by atoms with E-state index in [4.69, 9.17) is 4.74 Å². The van der Waals surface area contributed by atoms with Crippen molar-refractivity contribution in [2.45, 2.75) is 33.7 Å². The molecule has 0 N–H and O–H groups in total. The first-order valence-corrected chi connectivity index (χ1v) is 6.63. The Balaban J connectivity index is 2.58. The number of halogens is 3. The first kappa shape index (κ1) is 15.6. The summed E-state index contributed by atoms with van der Waals surface area (Å²) in [6.45, 7) is 5.40. The third kappa shape index (κ3) is 3.26. The highest BCUT2D eigenvalue weighted by molar-refractivity contribution is 5.63. The molecule has 0 aliphatic heterocycles. The zero-order chi connectivity index (χ0) is 15.6. The van der Waals surface area contributed by atoms with Gasteiger partial charge in [-0.05, 0) is 20.8 Å². The van der Waals surface area contributed by atoms with Gasteiger partial charge < -0.3 is 4.74 Å². The normalized spacial score (nSPS) is 11.9. The molecule has 0 bridgehead atoms. The van der Waals surface area contributed by atoms with E-state index in [1.54, 1.807) is 26.0 Å². The first-order chi connectivity index (χ1) is 9.84. The number of ether oxygens (including phenoxy) is 1. The van der Waals surface area contributed by atoms with E-state index >= 15 is 0 Å². The summed E-state index contributed by atoms with van der Waals surface area (Å²) in [4.78, 5) is 3.69. The van der Waals surface area contributed by atoms with Gasteiger partial charge in [0, 0.05) is 12.2 Å². The molecule has 0 saturated heterocycles. The van der Waals surface area contributed by atoms with Crippen LogP contribution in [0.2, 0.25) is 0 Å². The lowest BCUT2D eigenvalue weighted by atomic mass is 10.1. The molecule has 1 aromatic heterocycles. The van der Waals surface area contributed by atoms with Crippen molar-refractivity contribution in [3.05, 3.63) is 41.3 Å². The second-order valence-electron chi connectivity index (χ2n) is 4.78. The number of benzene rings is 1. The van der Waals surface area contributed by atoms with Crippen LogP contribution in [0, 0.1) is 13.8 Å². The molecule has 0 radical (unpaired) electrons. The van der Waals surface area contributed by atoms with Crippen LogP contribution in [0.3, 0.4) is 0 Å². The van der Waals surface area contributed by atoms with Crippen molar-refractivity contribution in [3.63, 3.8) is 0 Å². The van der Waals surface area contributed by atoms with Gasteiger partial charge in [-0.2, -0.15) is 13.2 Å². The van der Waals surface area contributed by atoms with Crippen molar-refractivity contribution in [3.8, 4) is 11.3 Å². The fourth-order valence-electron chi connectivity index (χ4n) is 2.17. The molecule has 0 aliphatic carbocycles. The van der Waals surface area contributed by atoms with Crippen LogP contribution < -0.4 is 0 Å². The number of nitrogens with zero attached hydrogens (tertiary/aromatic N) is 2. The quantitative estimate of drug-likeness (QED) is 0.846. The highest BCUT2D eigenvalue weighted by atomic mass is 19.4. The van der Waals surface area contributed by atoms with Gasteiger partial charge in [0.05, 0.1) is 11.4 Å². The van der Waals surface area contributed by atoms with Crippen molar-refractivity contribution in [2.75, 3.05) is 6.61 Å². The van der Waals surface area contributed by atoms with Crippen LogP contribution in [0.25, 0.3) is 11.3 Å². The Bertz CT molecular complexity index is 615. The lowest BCUT2D eigenvalue weighted by Gasteiger charge is -2.14. The molecule has 3 nitrogen and oxygen atoms in total. The predicted molar refractivity (Wildman–Crippen MR) is 73.8 cm³/mol. The standard InChI is InChI=1S/C15H17F3N2O/c1-4-21-9-20-13(12-7-5-10(2)6-8-12)11(3)19-14(20)15(16,17)18/h5-8H,4,9H2,1-3H3. The van der Waals surface area contributed by atoms with Gasteiger partial charge in [0.15, 0.2) is 0 Å². The summed E-state index contributed by atoms with van der Waals surface area (Å²) in [5, 5.41) is 0. The summed E-state index contributed by atoms with van der Waals surface area (Å²) >= 11 is 0. The third-order valence-electron chi connectivity index (χ3n) is 3.14. The Morgan fingerprint density at radius 3 is 2.29 bits per heavy atom. The van der Waals surface area contributed by atoms with Crippen LogP contribution >= 0.6 is 0 Å². The maximum Gasteiger partial charge on any atom is 0.449 e. The largest absolute Gasteiger partial charge is 0.449 e. The molecule has 21 heavy (non-hydrogen) atoms. The summed E-state index contributed by atoms with van der Waals surface area (Å²) in [6.07, 6.45) is -4.51. The van der Waals surface area contributed by atoms with Crippen LogP contribution in [0.1, 0.15) is 24.0 Å². The highest BCUT2D eigenvalue weighted by Gasteiger charge is 2.38. The molecule has 0 amide bonds. The van der Waals surface area contributed by atoms with Crippen molar-refractivity contribution >= 4 is 0 Å². The van der Waals surface area contributed by atoms with E-state index in [0.717, 1.165) is 10.1 Å². The Morgan fingerprint density at radius 2 is 1.76 bits per heavy atom. The zero-order valence-corrected chi connectivity index (χ0v) is 12.2. The topological polar surface area (TPSA) is 27.1 Å². The van der Waals surface area contributed by atoms with E-state index in [1.165, 1.54) is 0 Å². The number of hydrogen-bond donors (Lipinski definition) is 0. The molecule has 0 fully saturated rings. The maximum absolute atomic E-state index is 13.1. The van der Waals surface area contributed by atoms with E-state index in [2.05, 4.69) is 4.98 Å². The molecular formula is C15H17F3N2O. The lowest BCUT2D eigenvalue weighted by Crippen LogP contribution is -2.17. The summed E-state index contributed by atoms with van der Waals surface area (Å²) in [6, 6.07) is 7.31. The monoisotopic (exact) mass is 298 g/mol. The number of aryl methyl sites for hydroxylation is 2. The lowest BCUT2D eigenvalue weighted by molar-refractivity contribution is -0.149. The van der Waals surface area contributed by atoms with Gasteiger partial charge >= 0.3 is 6.18 Å². The molecule has 0 atom stereocenters. The smallest absolute Gasteiger partial charge is 0.361 e. The van der Waals surface area contributed by atoms with E-state index in [-0.39, 0.29) is 6.73 Å². The van der Waals surface area contributed by atoms with E-state index in [1.807, 2.05) is 19.1 Å². The summed E-state index contributed by atoms with van der Waals surface area (Å²) in [5.74, 6) is -0.927. The average Bonchev–Trinajstić information content (AvgIpc) is 2.74. The minimum Gasteiger partial charge on any atom is -0.361 e. The molecular weight excluding hydrogens is 281 g/mol. The van der Waals surface area contributed by atoms with Crippen LogP contribution in [-0.2, 0) is 17.6 Å². The first-order valence-electron chi connectivity index (χ1n) is 6.63.